The topological polar surface area (TPSA) is 53.5 Å². The van der Waals surface area contributed by atoms with Gasteiger partial charge in [-0.3, -0.25) is 0 Å². The Hall–Kier alpha value is -2.44. The average molecular weight is 340 g/mol. The Balaban J connectivity index is 1.78. The van der Waals surface area contributed by atoms with Crippen LogP contribution in [0.2, 0.25) is 0 Å². The monoisotopic (exact) mass is 340 g/mol. The zero-order chi connectivity index (χ0) is 16.2. The Labute approximate surface area is 143 Å². The third-order valence-corrected chi connectivity index (χ3v) is 4.62. The van der Waals surface area contributed by atoms with Crippen LogP contribution in [-0.2, 0) is 4.74 Å². The molecule has 0 fully saturated rings. The van der Waals surface area contributed by atoms with Crippen molar-refractivity contribution >= 4 is 11.3 Å². The van der Waals surface area contributed by atoms with E-state index in [1.54, 1.807) is 0 Å². The summed E-state index contributed by atoms with van der Waals surface area (Å²) in [7, 11) is 0. The summed E-state index contributed by atoms with van der Waals surface area (Å²) >= 11 is 1.53. The number of ether oxygens (including phenoxy) is 3. The van der Waals surface area contributed by atoms with Gasteiger partial charge in [-0.05, 0) is 24.3 Å². The molecule has 0 atom stereocenters. The summed E-state index contributed by atoms with van der Waals surface area (Å²) in [5.74, 6) is 1.59. The van der Waals surface area contributed by atoms with Crippen LogP contribution in [0.5, 0.6) is 11.5 Å². The first-order valence-corrected chi connectivity index (χ1v) is 8.59. The van der Waals surface area contributed by atoms with E-state index < -0.39 is 0 Å². The maximum absolute atomic E-state index is 5.84. The van der Waals surface area contributed by atoms with Crippen molar-refractivity contribution in [2.75, 3.05) is 26.4 Å². The molecule has 0 radical (unpaired) electrons. The number of fused-ring (bicyclic) bond motifs is 6. The maximum Gasteiger partial charge on any atom is 0.151 e. The third kappa shape index (κ3) is 3.11. The lowest BCUT2D eigenvalue weighted by Gasteiger charge is -2.12. The summed E-state index contributed by atoms with van der Waals surface area (Å²) in [5.41, 5.74) is 1.88. The highest BCUT2D eigenvalue weighted by Gasteiger charge is 2.16. The average Bonchev–Trinajstić information content (AvgIpc) is 3.11. The lowest BCUT2D eigenvalue weighted by molar-refractivity contribution is 0.0767. The highest BCUT2D eigenvalue weighted by molar-refractivity contribution is 7.18. The molecule has 6 heteroatoms. The van der Waals surface area contributed by atoms with Gasteiger partial charge in [0.15, 0.2) is 10.0 Å². The van der Waals surface area contributed by atoms with Crippen molar-refractivity contribution in [1.82, 2.24) is 10.2 Å². The van der Waals surface area contributed by atoms with Gasteiger partial charge in [0.25, 0.3) is 0 Å². The van der Waals surface area contributed by atoms with Gasteiger partial charge in [-0.15, -0.1) is 10.2 Å². The first-order chi connectivity index (χ1) is 11.9. The van der Waals surface area contributed by atoms with Gasteiger partial charge in [-0.2, -0.15) is 0 Å². The molecule has 0 amide bonds. The lowest BCUT2D eigenvalue weighted by Crippen LogP contribution is -2.12. The van der Waals surface area contributed by atoms with Crippen molar-refractivity contribution < 1.29 is 14.2 Å². The van der Waals surface area contributed by atoms with E-state index in [4.69, 9.17) is 14.2 Å². The SMILES string of the molecule is c1ccc2c(c1)OCCOCCOc1ccccc1-c1nnc-2s1. The molecule has 0 unspecified atom stereocenters. The summed E-state index contributed by atoms with van der Waals surface area (Å²) in [4.78, 5) is 0. The van der Waals surface area contributed by atoms with E-state index in [0.717, 1.165) is 32.6 Å². The molecule has 5 nitrogen and oxygen atoms in total. The maximum atomic E-state index is 5.84. The standard InChI is InChI=1S/C18H16N2O3S/c1-3-7-15-13(5-1)17-19-20-18(24-17)14-6-2-4-8-16(14)23-12-10-21-9-11-22-15/h1-8H,9-12H2. The summed E-state index contributed by atoms with van der Waals surface area (Å²) in [6.45, 7) is 2.00. The number of rotatable bonds is 0. The zero-order valence-corrected chi connectivity index (χ0v) is 13.8. The largest absolute Gasteiger partial charge is 0.490 e. The molecule has 122 valence electrons. The van der Waals surface area contributed by atoms with Crippen LogP contribution in [0.15, 0.2) is 48.5 Å². The molecule has 1 aliphatic heterocycles. The highest BCUT2D eigenvalue weighted by Crippen LogP contribution is 2.38. The molecule has 0 saturated carbocycles. The van der Waals surface area contributed by atoms with Crippen molar-refractivity contribution in [2.24, 2.45) is 0 Å². The van der Waals surface area contributed by atoms with Crippen LogP contribution in [-0.4, -0.2) is 36.6 Å². The molecule has 0 saturated heterocycles. The van der Waals surface area contributed by atoms with Gasteiger partial charge in [0, 0.05) is 0 Å². The molecule has 2 aromatic carbocycles. The fraction of sp³-hybridized carbons (Fsp3) is 0.222. The summed E-state index contributed by atoms with van der Waals surface area (Å²) in [6.07, 6.45) is 0. The van der Waals surface area contributed by atoms with E-state index in [-0.39, 0.29) is 0 Å². The van der Waals surface area contributed by atoms with E-state index in [1.165, 1.54) is 11.3 Å². The van der Waals surface area contributed by atoms with E-state index >= 15 is 0 Å². The van der Waals surface area contributed by atoms with E-state index in [2.05, 4.69) is 10.2 Å². The van der Waals surface area contributed by atoms with Gasteiger partial charge in [0.1, 0.15) is 24.7 Å². The molecule has 4 rings (SSSR count). The Morgan fingerprint density at radius 3 is 1.71 bits per heavy atom. The predicted molar refractivity (Wildman–Crippen MR) is 92.6 cm³/mol. The molecule has 0 N–H and O–H groups in total. The molecule has 0 aliphatic carbocycles. The lowest BCUT2D eigenvalue weighted by atomic mass is 10.2. The predicted octanol–water partition coefficient (Wildman–Crippen LogP) is 3.66. The normalized spacial score (nSPS) is 14.5. The molecule has 2 bridgehead atoms. The molecule has 0 spiro atoms. The quantitative estimate of drug-likeness (QED) is 0.625. The van der Waals surface area contributed by atoms with Crippen LogP contribution >= 0.6 is 11.3 Å². The van der Waals surface area contributed by atoms with Crippen LogP contribution in [0.4, 0.5) is 0 Å². The fourth-order valence-electron chi connectivity index (χ4n) is 2.50. The minimum atomic E-state index is 0.485. The molecular weight excluding hydrogens is 324 g/mol. The second-order valence-electron chi connectivity index (χ2n) is 5.21. The van der Waals surface area contributed by atoms with Crippen LogP contribution in [0.25, 0.3) is 21.1 Å². The van der Waals surface area contributed by atoms with Gasteiger partial charge in [0.2, 0.25) is 0 Å². The Bertz CT molecular complexity index is 768. The fourth-order valence-corrected chi connectivity index (χ4v) is 3.41. The first-order valence-electron chi connectivity index (χ1n) is 7.77. The highest BCUT2D eigenvalue weighted by atomic mass is 32.1. The molecule has 24 heavy (non-hydrogen) atoms. The number of benzene rings is 2. The smallest absolute Gasteiger partial charge is 0.151 e. The van der Waals surface area contributed by atoms with Gasteiger partial charge < -0.3 is 14.2 Å². The number of aromatic nitrogens is 2. The molecule has 1 aliphatic rings. The summed E-state index contributed by atoms with van der Waals surface area (Å²) in [5, 5.41) is 10.4. The zero-order valence-electron chi connectivity index (χ0n) is 13.0. The van der Waals surface area contributed by atoms with Crippen molar-refractivity contribution in [3.8, 4) is 32.6 Å². The van der Waals surface area contributed by atoms with Gasteiger partial charge in [0.05, 0.1) is 24.3 Å². The minimum Gasteiger partial charge on any atom is -0.490 e. The summed E-state index contributed by atoms with van der Waals surface area (Å²) < 4.78 is 17.2. The number of hydrogen-bond donors (Lipinski definition) is 0. The number of nitrogens with zero attached hydrogens (tertiary/aromatic N) is 2. The van der Waals surface area contributed by atoms with Crippen LogP contribution in [0, 0.1) is 0 Å². The van der Waals surface area contributed by atoms with E-state index in [1.807, 2.05) is 48.5 Å². The molecule has 3 aromatic rings. The van der Waals surface area contributed by atoms with Crippen molar-refractivity contribution in [2.45, 2.75) is 0 Å². The van der Waals surface area contributed by atoms with E-state index in [0.29, 0.717) is 26.4 Å². The van der Waals surface area contributed by atoms with Crippen LogP contribution in [0.1, 0.15) is 0 Å². The minimum absolute atomic E-state index is 0.485. The second-order valence-corrected chi connectivity index (χ2v) is 6.19. The van der Waals surface area contributed by atoms with E-state index in [9.17, 15) is 0 Å². The molecule has 1 aromatic heterocycles. The Kier molecular flexibility index (Phi) is 4.40. The molecule has 2 heterocycles. The van der Waals surface area contributed by atoms with Crippen molar-refractivity contribution in [3.63, 3.8) is 0 Å². The van der Waals surface area contributed by atoms with Gasteiger partial charge in [-0.1, -0.05) is 35.6 Å². The van der Waals surface area contributed by atoms with Crippen LogP contribution in [0.3, 0.4) is 0 Å². The third-order valence-electron chi connectivity index (χ3n) is 3.63. The van der Waals surface area contributed by atoms with Crippen LogP contribution < -0.4 is 9.47 Å². The Morgan fingerprint density at radius 1 is 0.667 bits per heavy atom. The number of hydrogen-bond acceptors (Lipinski definition) is 6. The number of para-hydroxylation sites is 2. The van der Waals surface area contributed by atoms with Gasteiger partial charge >= 0.3 is 0 Å². The van der Waals surface area contributed by atoms with Crippen molar-refractivity contribution in [1.29, 1.82) is 0 Å². The van der Waals surface area contributed by atoms with Gasteiger partial charge in [-0.25, -0.2) is 0 Å². The van der Waals surface area contributed by atoms with Crippen molar-refractivity contribution in [3.05, 3.63) is 48.5 Å². The molecular formula is C18H16N2O3S. The summed E-state index contributed by atoms with van der Waals surface area (Å²) in [6, 6.07) is 15.7. The Morgan fingerprint density at radius 2 is 1.17 bits per heavy atom. The first kappa shape index (κ1) is 15.1. The second kappa shape index (κ2) is 6.98.